The van der Waals surface area contributed by atoms with Crippen LogP contribution in [0.25, 0.3) is 16.9 Å². The SMILES string of the molecule is O=C(NCc1ccc2c(c1)OCO2)c1ccc(-n2c(-c3ccccc3)cc3c2CCCCC3)cc1. The first-order valence-corrected chi connectivity index (χ1v) is 12.3. The van der Waals surface area contributed by atoms with Crippen LogP contribution in [0.2, 0.25) is 0 Å². The highest BCUT2D eigenvalue weighted by molar-refractivity contribution is 5.94. The van der Waals surface area contributed by atoms with Crippen molar-refractivity contribution in [3.63, 3.8) is 0 Å². The summed E-state index contributed by atoms with van der Waals surface area (Å²) in [7, 11) is 0. The smallest absolute Gasteiger partial charge is 0.251 e. The van der Waals surface area contributed by atoms with Crippen LogP contribution >= 0.6 is 0 Å². The van der Waals surface area contributed by atoms with Gasteiger partial charge in [0, 0.05) is 23.5 Å². The van der Waals surface area contributed by atoms with Gasteiger partial charge in [-0.1, -0.05) is 42.8 Å². The van der Waals surface area contributed by atoms with Crippen LogP contribution in [0, 0.1) is 0 Å². The van der Waals surface area contributed by atoms with Gasteiger partial charge in [0.1, 0.15) is 0 Å². The van der Waals surface area contributed by atoms with E-state index in [1.165, 1.54) is 41.8 Å². The zero-order valence-electron chi connectivity index (χ0n) is 19.6. The Morgan fingerprint density at radius 2 is 1.63 bits per heavy atom. The fourth-order valence-electron chi connectivity index (χ4n) is 5.09. The van der Waals surface area contributed by atoms with Crippen molar-refractivity contribution in [3.05, 3.63) is 101 Å². The average molecular weight is 465 g/mol. The summed E-state index contributed by atoms with van der Waals surface area (Å²) in [6.07, 6.45) is 5.94. The molecule has 6 rings (SSSR count). The van der Waals surface area contributed by atoms with Gasteiger partial charge in [-0.3, -0.25) is 4.79 Å². The molecule has 0 fully saturated rings. The van der Waals surface area contributed by atoms with Gasteiger partial charge in [-0.05, 0) is 84.8 Å². The zero-order chi connectivity index (χ0) is 23.6. The Hall–Kier alpha value is -3.99. The van der Waals surface area contributed by atoms with Crippen molar-refractivity contribution in [1.82, 2.24) is 9.88 Å². The van der Waals surface area contributed by atoms with Gasteiger partial charge in [0.15, 0.2) is 11.5 Å². The topological polar surface area (TPSA) is 52.5 Å². The van der Waals surface area contributed by atoms with Crippen LogP contribution < -0.4 is 14.8 Å². The molecule has 35 heavy (non-hydrogen) atoms. The maximum Gasteiger partial charge on any atom is 0.251 e. The highest BCUT2D eigenvalue weighted by atomic mass is 16.7. The minimum atomic E-state index is -0.0937. The minimum Gasteiger partial charge on any atom is -0.454 e. The predicted molar refractivity (Wildman–Crippen MR) is 136 cm³/mol. The van der Waals surface area contributed by atoms with Crippen LogP contribution in [-0.2, 0) is 19.4 Å². The second kappa shape index (κ2) is 9.34. The Morgan fingerprint density at radius 1 is 0.829 bits per heavy atom. The number of hydrogen-bond donors (Lipinski definition) is 1. The van der Waals surface area contributed by atoms with E-state index in [0.29, 0.717) is 12.1 Å². The number of hydrogen-bond acceptors (Lipinski definition) is 3. The Labute approximate surface area is 205 Å². The third kappa shape index (κ3) is 4.30. The molecule has 0 saturated carbocycles. The normalized spacial score (nSPS) is 14.3. The molecular formula is C30H28N2O3. The second-order valence-electron chi connectivity index (χ2n) is 9.18. The first-order valence-electron chi connectivity index (χ1n) is 12.3. The van der Waals surface area contributed by atoms with Crippen molar-refractivity contribution in [1.29, 1.82) is 0 Å². The zero-order valence-corrected chi connectivity index (χ0v) is 19.6. The standard InChI is InChI=1S/C30H28N2O3/c33-30(31-19-21-11-16-28-29(17-21)35-20-34-28)23-12-14-25(15-13-23)32-26-10-6-2-5-9-24(26)18-27(32)22-7-3-1-4-8-22/h1,3-4,7-8,11-18H,2,5-6,9-10,19-20H2,(H,31,33). The molecule has 3 aromatic carbocycles. The van der Waals surface area contributed by atoms with Crippen molar-refractivity contribution < 1.29 is 14.3 Å². The molecule has 0 spiro atoms. The number of amides is 1. The summed E-state index contributed by atoms with van der Waals surface area (Å²) >= 11 is 0. The number of rotatable bonds is 5. The summed E-state index contributed by atoms with van der Waals surface area (Å²) in [5.41, 5.74) is 8.01. The summed E-state index contributed by atoms with van der Waals surface area (Å²) in [5.74, 6) is 1.37. The first-order chi connectivity index (χ1) is 17.3. The maximum atomic E-state index is 12.8. The van der Waals surface area contributed by atoms with Crippen molar-refractivity contribution in [2.24, 2.45) is 0 Å². The Balaban J connectivity index is 1.25. The molecular weight excluding hydrogens is 436 g/mol. The van der Waals surface area contributed by atoms with Gasteiger partial charge in [-0.15, -0.1) is 0 Å². The number of nitrogens with zero attached hydrogens (tertiary/aromatic N) is 1. The lowest BCUT2D eigenvalue weighted by Crippen LogP contribution is -2.22. The molecule has 0 saturated heterocycles. The van der Waals surface area contributed by atoms with E-state index in [0.717, 1.165) is 35.6 Å². The number of fused-ring (bicyclic) bond motifs is 2. The molecule has 2 aliphatic rings. The van der Waals surface area contributed by atoms with E-state index >= 15 is 0 Å². The number of nitrogens with one attached hydrogen (secondary N) is 1. The van der Waals surface area contributed by atoms with E-state index in [1.807, 2.05) is 30.3 Å². The lowest BCUT2D eigenvalue weighted by atomic mass is 10.1. The number of carbonyl (C=O) groups is 1. The molecule has 0 radical (unpaired) electrons. The van der Waals surface area contributed by atoms with E-state index in [4.69, 9.17) is 9.47 Å². The van der Waals surface area contributed by atoms with Crippen molar-refractivity contribution in [2.75, 3.05) is 6.79 Å². The van der Waals surface area contributed by atoms with Gasteiger partial charge in [0.25, 0.3) is 5.91 Å². The predicted octanol–water partition coefficient (Wildman–Crippen LogP) is 6.07. The summed E-state index contributed by atoms with van der Waals surface area (Å²) in [6.45, 7) is 0.675. The molecule has 2 heterocycles. The minimum absolute atomic E-state index is 0.0937. The summed E-state index contributed by atoms with van der Waals surface area (Å²) < 4.78 is 13.2. The summed E-state index contributed by atoms with van der Waals surface area (Å²) in [4.78, 5) is 12.8. The van der Waals surface area contributed by atoms with Crippen LogP contribution in [0.5, 0.6) is 11.5 Å². The van der Waals surface area contributed by atoms with Gasteiger partial charge >= 0.3 is 0 Å². The van der Waals surface area contributed by atoms with Crippen molar-refractivity contribution >= 4 is 5.91 Å². The van der Waals surface area contributed by atoms with Crippen molar-refractivity contribution in [3.8, 4) is 28.4 Å². The third-order valence-corrected chi connectivity index (χ3v) is 6.90. The summed E-state index contributed by atoms with van der Waals surface area (Å²) in [5, 5.41) is 3.01. The lowest BCUT2D eigenvalue weighted by Gasteiger charge is -2.15. The quantitative estimate of drug-likeness (QED) is 0.365. The highest BCUT2D eigenvalue weighted by Crippen LogP contribution is 2.34. The van der Waals surface area contributed by atoms with Crippen LogP contribution in [-0.4, -0.2) is 17.3 Å². The first kappa shape index (κ1) is 21.5. The molecule has 1 aliphatic heterocycles. The van der Waals surface area contributed by atoms with Gasteiger partial charge in [0.2, 0.25) is 6.79 Å². The lowest BCUT2D eigenvalue weighted by molar-refractivity contribution is 0.0951. The van der Waals surface area contributed by atoms with Crippen LogP contribution in [0.4, 0.5) is 0 Å². The van der Waals surface area contributed by atoms with Gasteiger partial charge in [-0.25, -0.2) is 0 Å². The molecule has 4 aromatic rings. The van der Waals surface area contributed by atoms with Crippen molar-refractivity contribution in [2.45, 2.75) is 38.6 Å². The van der Waals surface area contributed by atoms with Crippen LogP contribution in [0.3, 0.4) is 0 Å². The molecule has 176 valence electrons. The van der Waals surface area contributed by atoms with E-state index < -0.39 is 0 Å². The highest BCUT2D eigenvalue weighted by Gasteiger charge is 2.20. The van der Waals surface area contributed by atoms with E-state index in [1.54, 1.807) is 0 Å². The van der Waals surface area contributed by atoms with Crippen LogP contribution in [0.15, 0.2) is 78.9 Å². The Bertz CT molecular complexity index is 1360. The molecule has 1 N–H and O–H groups in total. The van der Waals surface area contributed by atoms with Gasteiger partial charge in [-0.2, -0.15) is 0 Å². The van der Waals surface area contributed by atoms with E-state index in [9.17, 15) is 4.79 Å². The molecule has 0 bridgehead atoms. The number of aryl methyl sites for hydroxylation is 1. The number of benzene rings is 3. The number of aromatic nitrogens is 1. The van der Waals surface area contributed by atoms with Gasteiger partial charge < -0.3 is 19.4 Å². The van der Waals surface area contributed by atoms with Gasteiger partial charge in [0.05, 0.1) is 5.69 Å². The molecule has 0 unspecified atom stereocenters. The molecule has 1 amide bonds. The fourth-order valence-corrected chi connectivity index (χ4v) is 5.09. The molecule has 0 atom stereocenters. The maximum absolute atomic E-state index is 12.8. The van der Waals surface area contributed by atoms with Crippen LogP contribution in [0.1, 0.15) is 46.4 Å². The molecule has 5 heteroatoms. The average Bonchev–Trinajstić information content (AvgIpc) is 3.45. The monoisotopic (exact) mass is 464 g/mol. The van der Waals surface area contributed by atoms with E-state index in [2.05, 4.69) is 58.4 Å². The largest absolute Gasteiger partial charge is 0.454 e. The number of carbonyl (C=O) groups excluding carboxylic acids is 1. The third-order valence-electron chi connectivity index (χ3n) is 6.90. The summed E-state index contributed by atoms with van der Waals surface area (Å²) in [6, 6.07) is 26.6. The molecule has 1 aliphatic carbocycles. The molecule has 1 aromatic heterocycles. The Morgan fingerprint density at radius 3 is 2.49 bits per heavy atom. The fraction of sp³-hybridized carbons (Fsp3) is 0.233. The number of ether oxygens (including phenoxy) is 2. The second-order valence-corrected chi connectivity index (χ2v) is 9.18. The molecule has 5 nitrogen and oxygen atoms in total. The Kier molecular flexibility index (Phi) is 5.75. The van der Waals surface area contributed by atoms with E-state index in [-0.39, 0.29) is 12.7 Å².